The van der Waals surface area contributed by atoms with E-state index in [0.717, 1.165) is 142 Å². The molecule has 82 heavy (non-hydrogen) atoms. The zero-order valence-corrected chi connectivity index (χ0v) is 48.5. The van der Waals surface area contributed by atoms with Crippen molar-refractivity contribution in [3.05, 3.63) is 102 Å². The van der Waals surface area contributed by atoms with Gasteiger partial charge in [0.05, 0.1) is 45.7 Å². The minimum absolute atomic E-state index is 0.0372. The maximum absolute atomic E-state index is 14.5. The Balaban J connectivity index is 0.547. The van der Waals surface area contributed by atoms with Gasteiger partial charge in [0.15, 0.2) is 17.4 Å². The predicted molar refractivity (Wildman–Crippen MR) is 317 cm³/mol. The van der Waals surface area contributed by atoms with E-state index in [2.05, 4.69) is 100 Å². The number of nitrogen functional groups attached to an aromatic ring is 1. The SMILES string of the molecule is Cc1ncsc1-c1ccc([C@H](C)NC(=O)[C@@H]2CCCN2C(=O)[C@@H](c2cc(N3C4CCC3CC(CN3CCC(OC5CC(Oc6cc(N7C8CCC7CN(c7cc(-c9ccccc9O)nnc7N)C8)ccn6)C5)CC3)C4)no2)C(C)C)cc1. The van der Waals surface area contributed by atoms with Gasteiger partial charge in [0.2, 0.25) is 17.7 Å². The third-order valence-electron chi connectivity index (χ3n) is 19.1. The molecular formula is C63H78N12O6S. The number of hydrogen-bond donors (Lipinski definition) is 3. The topological polar surface area (TPSA) is 205 Å². The number of aromatic nitrogens is 5. The van der Waals surface area contributed by atoms with Gasteiger partial charge in [0.1, 0.15) is 23.8 Å². The van der Waals surface area contributed by atoms with Crippen molar-refractivity contribution in [3.63, 3.8) is 0 Å². The summed E-state index contributed by atoms with van der Waals surface area (Å²) in [5, 5.41) is 27.0. The van der Waals surface area contributed by atoms with E-state index in [1.807, 2.05) is 49.8 Å². The molecule has 4 aromatic heterocycles. The van der Waals surface area contributed by atoms with Crippen LogP contribution >= 0.6 is 11.3 Å². The number of nitrogens with zero attached hydrogens (tertiary/aromatic N) is 10. The fourth-order valence-corrected chi connectivity index (χ4v) is 15.7. The number of anilines is 4. The molecule has 0 spiro atoms. The molecule has 18 nitrogen and oxygen atoms in total. The van der Waals surface area contributed by atoms with Crippen LogP contribution in [0.2, 0.25) is 0 Å². The normalized spacial score (nSPS) is 26.3. The molecule has 0 radical (unpaired) electrons. The van der Waals surface area contributed by atoms with Crippen LogP contribution in [0.1, 0.15) is 127 Å². The van der Waals surface area contributed by atoms with Crippen LogP contribution in [0.15, 0.2) is 89.0 Å². The van der Waals surface area contributed by atoms with E-state index in [-0.39, 0.29) is 47.8 Å². The first-order valence-corrected chi connectivity index (χ1v) is 31.1. The highest BCUT2D eigenvalue weighted by molar-refractivity contribution is 7.13. The Labute approximate surface area is 484 Å². The quantitative estimate of drug-likeness (QED) is 0.0778. The molecule has 1 aliphatic carbocycles. The highest BCUT2D eigenvalue weighted by Crippen LogP contribution is 2.45. The molecule has 4 bridgehead atoms. The number of piperazine rings is 1. The Morgan fingerprint density at radius 2 is 1.56 bits per heavy atom. The average Bonchev–Trinajstić information content (AvgIpc) is 4.50. The molecule has 7 atom stereocenters. The monoisotopic (exact) mass is 1130 g/mol. The molecule has 2 amide bonds. The van der Waals surface area contributed by atoms with Crippen LogP contribution in [0.5, 0.6) is 11.6 Å². The molecule has 4 N–H and O–H groups in total. The number of nitrogens with two attached hydrogens (primary N) is 1. The fourth-order valence-electron chi connectivity index (χ4n) is 14.8. The van der Waals surface area contributed by atoms with E-state index in [4.69, 9.17) is 19.7 Å². The number of hydrogen-bond acceptors (Lipinski definition) is 17. The number of thiazole rings is 1. The number of pyridine rings is 1. The van der Waals surface area contributed by atoms with Crippen LogP contribution in [0.3, 0.4) is 0 Å². The van der Waals surface area contributed by atoms with E-state index in [1.165, 1.54) is 0 Å². The van der Waals surface area contributed by atoms with E-state index >= 15 is 0 Å². The second kappa shape index (κ2) is 23.1. The Morgan fingerprint density at radius 3 is 2.28 bits per heavy atom. The summed E-state index contributed by atoms with van der Waals surface area (Å²) in [7, 11) is 0. The summed E-state index contributed by atoms with van der Waals surface area (Å²) in [4.78, 5) is 50.4. The third kappa shape index (κ3) is 11.0. The average molecular weight is 1130 g/mol. The van der Waals surface area contributed by atoms with Crippen LogP contribution in [-0.4, -0.2) is 140 Å². The van der Waals surface area contributed by atoms with Gasteiger partial charge >= 0.3 is 0 Å². The molecule has 2 aromatic carbocycles. The lowest BCUT2D eigenvalue weighted by Gasteiger charge is -2.43. The lowest BCUT2D eigenvalue weighted by molar-refractivity contribution is -0.141. The van der Waals surface area contributed by atoms with Crippen molar-refractivity contribution >= 4 is 46.2 Å². The van der Waals surface area contributed by atoms with Gasteiger partial charge in [0.25, 0.3) is 0 Å². The van der Waals surface area contributed by atoms with Gasteiger partial charge in [0, 0.05) is 106 Å². The van der Waals surface area contributed by atoms with Crippen LogP contribution in [-0.2, 0) is 14.3 Å². The number of aromatic hydroxyl groups is 1. The van der Waals surface area contributed by atoms with Crippen molar-refractivity contribution in [2.45, 2.75) is 165 Å². The Hall–Kier alpha value is -6.83. The number of para-hydroxylation sites is 1. The van der Waals surface area contributed by atoms with Crippen molar-refractivity contribution in [2.24, 2.45) is 11.8 Å². The van der Waals surface area contributed by atoms with Gasteiger partial charge in [-0.25, -0.2) is 9.97 Å². The maximum atomic E-state index is 14.5. The molecule has 4 unspecified atom stereocenters. The lowest BCUT2D eigenvalue weighted by Crippen LogP contribution is -2.54. The molecule has 13 rings (SSSR count). The molecular weight excluding hydrogens is 1050 g/mol. The van der Waals surface area contributed by atoms with Crippen molar-refractivity contribution in [3.8, 4) is 33.3 Å². The van der Waals surface area contributed by atoms with Crippen molar-refractivity contribution < 1.29 is 28.7 Å². The zero-order valence-electron chi connectivity index (χ0n) is 47.7. The number of ether oxygens (including phenoxy) is 2. The largest absolute Gasteiger partial charge is 0.507 e. The molecule has 1 saturated carbocycles. The van der Waals surface area contributed by atoms with E-state index < -0.39 is 12.0 Å². The van der Waals surface area contributed by atoms with Gasteiger partial charge < -0.3 is 54.7 Å². The summed E-state index contributed by atoms with van der Waals surface area (Å²) in [6.45, 7) is 13.5. The number of likely N-dealkylation sites (tertiary alicyclic amines) is 2. The predicted octanol–water partition coefficient (Wildman–Crippen LogP) is 9.55. The van der Waals surface area contributed by atoms with Gasteiger partial charge in [-0.15, -0.1) is 21.5 Å². The molecule has 7 aliphatic rings. The van der Waals surface area contributed by atoms with Crippen molar-refractivity contribution in [1.29, 1.82) is 0 Å². The highest BCUT2D eigenvalue weighted by atomic mass is 32.1. The van der Waals surface area contributed by atoms with Gasteiger partial charge in [-0.05, 0) is 125 Å². The van der Waals surface area contributed by atoms with Crippen LogP contribution < -0.4 is 30.5 Å². The maximum Gasteiger partial charge on any atom is 0.243 e. The lowest BCUT2D eigenvalue weighted by atomic mass is 9.89. The van der Waals surface area contributed by atoms with Crippen LogP contribution in [0, 0.1) is 18.8 Å². The molecule has 6 aromatic rings. The van der Waals surface area contributed by atoms with E-state index in [9.17, 15) is 14.7 Å². The van der Waals surface area contributed by atoms with Crippen molar-refractivity contribution in [2.75, 3.05) is 59.7 Å². The zero-order chi connectivity index (χ0) is 56.2. The van der Waals surface area contributed by atoms with Gasteiger partial charge in [-0.2, -0.15) is 0 Å². The number of amides is 2. The minimum Gasteiger partial charge on any atom is -0.507 e. The standard InChI is InChI=1S/C63H78N12O6S/c1-37(2)59(63(78)73-23-7-9-53(73)62(77)67-38(3)41-11-13-42(14-12-41)60-39(4)66-36-82-60)56-32-57(70-81-56)75-43-15-16-44(75)27-40(26-43)33-71-24-20-48(21-25-71)79-49-29-50(30-49)80-58-28-45(19-22-65-58)74-46-17-18-47(74)35-72(34-46)54-31-52(68-69-61(54)64)51-8-5-6-10-55(51)76/h5-6,8,10-14,19,22,28,31-32,36-38,40,43-44,46-50,53,59,76H,7,9,15-18,20-21,23-27,29-30,33-35H2,1-4H3,(H2,64,69)(H,67,77)/t38-,40?,43?,44?,46?,47?,49?,50?,53-,59+/m0/s1. The summed E-state index contributed by atoms with van der Waals surface area (Å²) in [5.74, 6) is 2.56. The minimum atomic E-state index is -0.528. The van der Waals surface area contributed by atoms with Gasteiger partial charge in [-0.3, -0.25) is 9.59 Å². The Bertz CT molecular complexity index is 3200. The molecule has 6 aliphatic heterocycles. The summed E-state index contributed by atoms with van der Waals surface area (Å²) < 4.78 is 19.3. The smallest absolute Gasteiger partial charge is 0.243 e. The van der Waals surface area contributed by atoms with E-state index in [0.29, 0.717) is 71.8 Å². The van der Waals surface area contributed by atoms with Crippen LogP contribution in [0.25, 0.3) is 21.7 Å². The number of aryl methyl sites for hydroxylation is 1. The number of carbonyl (C=O) groups excluding carboxylic acids is 2. The number of phenols is 1. The number of rotatable bonds is 17. The fraction of sp³-hybridized carbons (Fsp3) is 0.540. The number of benzene rings is 2. The molecule has 19 heteroatoms. The Kier molecular flexibility index (Phi) is 15.3. The third-order valence-corrected chi connectivity index (χ3v) is 20.0. The number of carbonyl (C=O) groups is 2. The summed E-state index contributed by atoms with van der Waals surface area (Å²) in [5.41, 5.74) is 14.7. The Morgan fingerprint density at radius 1 is 0.817 bits per heavy atom. The van der Waals surface area contributed by atoms with Crippen LogP contribution in [0.4, 0.5) is 23.0 Å². The first kappa shape index (κ1) is 54.4. The molecule has 7 fully saturated rings. The second-order valence-corrected chi connectivity index (χ2v) is 25.6. The van der Waals surface area contributed by atoms with Gasteiger partial charge in [-0.1, -0.05) is 55.4 Å². The number of phenolic OH excluding ortho intramolecular Hbond substituents is 1. The summed E-state index contributed by atoms with van der Waals surface area (Å²) in [6, 6.07) is 24.4. The summed E-state index contributed by atoms with van der Waals surface area (Å²) >= 11 is 1.63. The number of nitrogens with one attached hydrogen (secondary N) is 1. The van der Waals surface area contributed by atoms with Crippen molar-refractivity contribution in [1.82, 2.24) is 40.4 Å². The second-order valence-electron chi connectivity index (χ2n) is 24.8. The first-order valence-electron chi connectivity index (χ1n) is 30.2. The summed E-state index contributed by atoms with van der Waals surface area (Å²) in [6.07, 6.45) is 14.5. The molecule has 10 heterocycles. The molecule has 432 valence electrons. The molecule has 6 saturated heterocycles. The van der Waals surface area contributed by atoms with E-state index in [1.54, 1.807) is 28.4 Å². The first-order chi connectivity index (χ1) is 39.9. The number of fused-ring (bicyclic) bond motifs is 4. The number of piperidine rings is 2. The highest BCUT2D eigenvalue weighted by Gasteiger charge is 2.46.